The summed E-state index contributed by atoms with van der Waals surface area (Å²) in [4.78, 5) is 14.4. The van der Waals surface area contributed by atoms with E-state index in [1.807, 2.05) is 35.2 Å². The predicted octanol–water partition coefficient (Wildman–Crippen LogP) is 2.93. The van der Waals surface area contributed by atoms with E-state index in [0.29, 0.717) is 19.1 Å². The molecule has 2 N–H and O–H groups in total. The molecule has 1 aliphatic heterocycles. The van der Waals surface area contributed by atoms with Crippen molar-refractivity contribution in [2.45, 2.75) is 64.3 Å². The Kier molecular flexibility index (Phi) is 7.53. The molecule has 1 aliphatic rings. The molecule has 1 fully saturated rings. The van der Waals surface area contributed by atoms with Gasteiger partial charge in [0.25, 0.3) is 0 Å². The Bertz CT molecular complexity index is 493. The van der Waals surface area contributed by atoms with Gasteiger partial charge in [0.2, 0.25) is 0 Å². The van der Waals surface area contributed by atoms with Gasteiger partial charge in [0.05, 0.1) is 6.04 Å². The average Bonchev–Trinajstić information content (AvgIpc) is 2.60. The van der Waals surface area contributed by atoms with Crippen LogP contribution >= 0.6 is 0 Å². The van der Waals surface area contributed by atoms with E-state index >= 15 is 0 Å². The Balaban J connectivity index is 1.99. The molecule has 2 atom stereocenters. The molecule has 0 radical (unpaired) electrons. The minimum atomic E-state index is -0.253. The number of benzene rings is 1. The van der Waals surface area contributed by atoms with Gasteiger partial charge in [0.1, 0.15) is 6.61 Å². The number of nitrogens with one attached hydrogen (secondary N) is 1. The van der Waals surface area contributed by atoms with Crippen LogP contribution in [0.25, 0.3) is 0 Å². The molecule has 0 aliphatic carbocycles. The van der Waals surface area contributed by atoms with Gasteiger partial charge in [0, 0.05) is 25.2 Å². The number of likely N-dealkylation sites (tertiary alicyclic amines) is 1. The number of rotatable bonds is 7. The second-order valence-corrected chi connectivity index (χ2v) is 6.74. The lowest BCUT2D eigenvalue weighted by Gasteiger charge is -2.40. The number of carbonyl (C=O) groups excluding carboxylic acids is 1. The third-order valence-corrected chi connectivity index (χ3v) is 4.44. The van der Waals surface area contributed by atoms with Gasteiger partial charge in [-0.05, 0) is 31.2 Å². The van der Waals surface area contributed by atoms with E-state index < -0.39 is 0 Å². The Hall–Kier alpha value is -1.59. The Morgan fingerprint density at radius 1 is 1.33 bits per heavy atom. The smallest absolute Gasteiger partial charge is 0.410 e. The fourth-order valence-electron chi connectivity index (χ4n) is 3.36. The number of ether oxygens (including phenoxy) is 1. The second kappa shape index (κ2) is 9.64. The van der Waals surface area contributed by atoms with Gasteiger partial charge < -0.3 is 20.1 Å². The van der Waals surface area contributed by atoms with E-state index in [1.54, 1.807) is 0 Å². The Morgan fingerprint density at radius 2 is 2.08 bits per heavy atom. The van der Waals surface area contributed by atoms with Crippen molar-refractivity contribution in [1.29, 1.82) is 0 Å². The number of hydrogen-bond acceptors (Lipinski definition) is 4. The third kappa shape index (κ3) is 5.49. The number of aliphatic hydroxyl groups is 1. The first-order valence-electron chi connectivity index (χ1n) is 8.96. The number of piperidine rings is 1. The molecular weight excluding hydrogens is 304 g/mol. The molecule has 1 amide bonds. The van der Waals surface area contributed by atoms with E-state index in [2.05, 4.69) is 19.2 Å². The standard InChI is InChI=1S/C19H30N2O3/c1-15(2)20-17(11-13-22)18-10-6-7-12-21(18)19(23)24-14-16-8-4-3-5-9-16/h3-5,8-9,15,17-18,20,22H,6-7,10-14H2,1-2H3/t17-,18+/m1/s1. The molecule has 0 spiro atoms. The summed E-state index contributed by atoms with van der Waals surface area (Å²) in [7, 11) is 0. The second-order valence-electron chi connectivity index (χ2n) is 6.74. The summed E-state index contributed by atoms with van der Waals surface area (Å²) in [5.41, 5.74) is 0.992. The molecule has 1 saturated heterocycles. The number of hydrogen-bond donors (Lipinski definition) is 2. The van der Waals surface area contributed by atoms with Crippen LogP contribution in [0.2, 0.25) is 0 Å². The number of aliphatic hydroxyl groups excluding tert-OH is 1. The van der Waals surface area contributed by atoms with Crippen molar-refractivity contribution < 1.29 is 14.6 Å². The first-order valence-corrected chi connectivity index (χ1v) is 8.96. The van der Waals surface area contributed by atoms with E-state index in [1.165, 1.54) is 0 Å². The minimum absolute atomic E-state index is 0.0802. The van der Waals surface area contributed by atoms with Crippen molar-refractivity contribution >= 4 is 6.09 Å². The summed E-state index contributed by atoms with van der Waals surface area (Å²) in [6.07, 6.45) is 3.45. The van der Waals surface area contributed by atoms with E-state index in [-0.39, 0.29) is 24.8 Å². The van der Waals surface area contributed by atoms with Gasteiger partial charge in [-0.25, -0.2) is 4.79 Å². The van der Waals surface area contributed by atoms with Crippen LogP contribution in [-0.4, -0.2) is 47.4 Å². The van der Waals surface area contributed by atoms with Crippen molar-refractivity contribution in [1.82, 2.24) is 10.2 Å². The van der Waals surface area contributed by atoms with Crippen molar-refractivity contribution in [3.63, 3.8) is 0 Å². The summed E-state index contributed by atoms with van der Waals surface area (Å²) in [6.45, 7) is 5.31. The lowest BCUT2D eigenvalue weighted by atomic mass is 9.93. The summed E-state index contributed by atoms with van der Waals surface area (Å²) < 4.78 is 5.53. The third-order valence-electron chi connectivity index (χ3n) is 4.44. The number of nitrogens with zero attached hydrogens (tertiary/aromatic N) is 1. The van der Waals surface area contributed by atoms with Gasteiger partial charge in [-0.3, -0.25) is 0 Å². The van der Waals surface area contributed by atoms with Crippen LogP contribution in [0.15, 0.2) is 30.3 Å². The van der Waals surface area contributed by atoms with Gasteiger partial charge in [-0.2, -0.15) is 0 Å². The molecule has 1 heterocycles. The van der Waals surface area contributed by atoms with Gasteiger partial charge in [0.15, 0.2) is 0 Å². The minimum Gasteiger partial charge on any atom is -0.445 e. The van der Waals surface area contributed by atoms with Crippen LogP contribution in [-0.2, 0) is 11.3 Å². The molecule has 1 aromatic carbocycles. The predicted molar refractivity (Wildman–Crippen MR) is 94.7 cm³/mol. The van der Waals surface area contributed by atoms with Crippen molar-refractivity contribution in [3.8, 4) is 0 Å². The van der Waals surface area contributed by atoms with E-state index in [0.717, 1.165) is 31.4 Å². The van der Waals surface area contributed by atoms with Gasteiger partial charge in [-0.1, -0.05) is 44.2 Å². The van der Waals surface area contributed by atoms with Crippen molar-refractivity contribution in [3.05, 3.63) is 35.9 Å². The summed E-state index contributed by atoms with van der Waals surface area (Å²) in [6, 6.07) is 10.2. The Labute approximate surface area is 145 Å². The van der Waals surface area contributed by atoms with Crippen LogP contribution < -0.4 is 5.32 Å². The fourth-order valence-corrected chi connectivity index (χ4v) is 3.36. The molecule has 5 nitrogen and oxygen atoms in total. The van der Waals surface area contributed by atoms with Crippen LogP contribution in [0.3, 0.4) is 0 Å². The van der Waals surface area contributed by atoms with Crippen LogP contribution in [0.4, 0.5) is 4.79 Å². The highest BCUT2D eigenvalue weighted by Gasteiger charge is 2.33. The molecule has 2 rings (SSSR count). The largest absolute Gasteiger partial charge is 0.445 e. The maximum Gasteiger partial charge on any atom is 0.410 e. The zero-order valence-electron chi connectivity index (χ0n) is 14.8. The van der Waals surface area contributed by atoms with E-state index in [4.69, 9.17) is 4.74 Å². The Morgan fingerprint density at radius 3 is 2.75 bits per heavy atom. The molecule has 134 valence electrons. The highest BCUT2D eigenvalue weighted by atomic mass is 16.6. The SMILES string of the molecule is CC(C)N[C@H](CCO)[C@@H]1CCCCN1C(=O)OCc1ccccc1. The quantitative estimate of drug-likeness (QED) is 0.805. The summed E-state index contributed by atoms with van der Waals surface area (Å²) in [5, 5.41) is 12.9. The molecular formula is C19H30N2O3. The topological polar surface area (TPSA) is 61.8 Å². The maximum absolute atomic E-state index is 12.6. The van der Waals surface area contributed by atoms with Crippen molar-refractivity contribution in [2.24, 2.45) is 0 Å². The van der Waals surface area contributed by atoms with Gasteiger partial charge in [-0.15, -0.1) is 0 Å². The molecule has 1 aromatic rings. The lowest BCUT2D eigenvalue weighted by Crippen LogP contribution is -2.56. The highest BCUT2D eigenvalue weighted by Crippen LogP contribution is 2.23. The first kappa shape index (κ1) is 18.7. The number of carbonyl (C=O) groups is 1. The zero-order chi connectivity index (χ0) is 17.4. The van der Waals surface area contributed by atoms with Gasteiger partial charge >= 0.3 is 6.09 Å². The molecule has 0 saturated carbocycles. The lowest BCUT2D eigenvalue weighted by molar-refractivity contribution is 0.0527. The molecule has 0 aromatic heterocycles. The average molecular weight is 334 g/mol. The van der Waals surface area contributed by atoms with Crippen LogP contribution in [0, 0.1) is 0 Å². The zero-order valence-corrected chi connectivity index (χ0v) is 14.8. The number of amides is 1. The van der Waals surface area contributed by atoms with Crippen LogP contribution in [0.5, 0.6) is 0 Å². The fraction of sp³-hybridized carbons (Fsp3) is 0.632. The first-order chi connectivity index (χ1) is 11.6. The summed E-state index contributed by atoms with van der Waals surface area (Å²) >= 11 is 0. The molecule has 24 heavy (non-hydrogen) atoms. The molecule has 5 heteroatoms. The van der Waals surface area contributed by atoms with E-state index in [9.17, 15) is 9.90 Å². The highest BCUT2D eigenvalue weighted by molar-refractivity contribution is 5.68. The maximum atomic E-state index is 12.6. The summed E-state index contributed by atoms with van der Waals surface area (Å²) in [5.74, 6) is 0. The van der Waals surface area contributed by atoms with Crippen molar-refractivity contribution in [2.75, 3.05) is 13.2 Å². The van der Waals surface area contributed by atoms with Crippen LogP contribution in [0.1, 0.15) is 45.1 Å². The monoisotopic (exact) mass is 334 g/mol. The normalized spacial score (nSPS) is 19.3. The molecule has 0 bridgehead atoms. The molecule has 0 unspecified atom stereocenters.